The minimum atomic E-state index is 0.103. The number of hydrogen-bond donors (Lipinski definition) is 0. The molecule has 2 aromatic rings. The van der Waals surface area contributed by atoms with Crippen LogP contribution in [0.1, 0.15) is 10.4 Å². The first-order valence-electron chi connectivity index (χ1n) is 9.11. The van der Waals surface area contributed by atoms with Crippen molar-refractivity contribution >= 4 is 5.91 Å². The van der Waals surface area contributed by atoms with Gasteiger partial charge in [-0.05, 0) is 23.8 Å². The fraction of sp³-hybridized carbons (Fsp3) is 0.381. The maximum atomic E-state index is 12.8. The summed E-state index contributed by atoms with van der Waals surface area (Å²) in [5, 5.41) is 0. The molecule has 0 radical (unpaired) electrons. The SMILES string of the molecule is COc1ccccc1-c1cccc(C(=O)N2CC(N3CCOCC3)C2)c1. The number of ether oxygens (including phenoxy) is 2. The second-order valence-corrected chi connectivity index (χ2v) is 6.79. The maximum Gasteiger partial charge on any atom is 0.253 e. The van der Waals surface area contributed by atoms with Gasteiger partial charge in [-0.1, -0.05) is 30.3 Å². The van der Waals surface area contributed by atoms with Crippen molar-refractivity contribution in [3.05, 3.63) is 54.1 Å². The number of likely N-dealkylation sites (tertiary alicyclic amines) is 1. The predicted molar refractivity (Wildman–Crippen MR) is 101 cm³/mol. The normalized spacial score (nSPS) is 18.4. The second-order valence-electron chi connectivity index (χ2n) is 6.79. The Hall–Kier alpha value is -2.37. The van der Waals surface area contributed by atoms with E-state index in [0.717, 1.165) is 61.8 Å². The number of methoxy groups -OCH3 is 1. The largest absolute Gasteiger partial charge is 0.496 e. The Morgan fingerprint density at radius 3 is 2.62 bits per heavy atom. The third-order valence-corrected chi connectivity index (χ3v) is 5.24. The molecule has 0 aromatic heterocycles. The molecule has 5 heteroatoms. The average molecular weight is 352 g/mol. The van der Waals surface area contributed by atoms with Crippen molar-refractivity contribution < 1.29 is 14.3 Å². The number of morpholine rings is 1. The first-order chi connectivity index (χ1) is 12.8. The Balaban J connectivity index is 1.46. The van der Waals surface area contributed by atoms with Gasteiger partial charge in [0.05, 0.1) is 20.3 Å². The lowest BCUT2D eigenvalue weighted by Crippen LogP contribution is -2.62. The lowest BCUT2D eigenvalue weighted by Gasteiger charge is -2.46. The fourth-order valence-electron chi connectivity index (χ4n) is 3.68. The van der Waals surface area contributed by atoms with E-state index in [9.17, 15) is 4.79 Å². The zero-order chi connectivity index (χ0) is 17.9. The van der Waals surface area contributed by atoms with Gasteiger partial charge in [0, 0.05) is 43.3 Å². The summed E-state index contributed by atoms with van der Waals surface area (Å²) in [6, 6.07) is 16.2. The highest BCUT2D eigenvalue weighted by molar-refractivity contribution is 5.96. The molecule has 26 heavy (non-hydrogen) atoms. The highest BCUT2D eigenvalue weighted by Crippen LogP contribution is 2.30. The number of carbonyl (C=O) groups is 1. The van der Waals surface area contributed by atoms with E-state index in [1.807, 2.05) is 53.4 Å². The number of amides is 1. The minimum Gasteiger partial charge on any atom is -0.496 e. The van der Waals surface area contributed by atoms with Crippen molar-refractivity contribution in [3.8, 4) is 16.9 Å². The van der Waals surface area contributed by atoms with Crippen molar-refractivity contribution in [1.82, 2.24) is 9.80 Å². The average Bonchev–Trinajstić information content (AvgIpc) is 2.67. The summed E-state index contributed by atoms with van der Waals surface area (Å²) in [5.74, 6) is 0.916. The molecule has 0 unspecified atom stereocenters. The molecule has 0 aliphatic carbocycles. The Labute approximate surface area is 154 Å². The summed E-state index contributed by atoms with van der Waals surface area (Å²) in [5.41, 5.74) is 2.73. The van der Waals surface area contributed by atoms with Crippen LogP contribution in [0.3, 0.4) is 0 Å². The summed E-state index contributed by atoms with van der Waals surface area (Å²) >= 11 is 0. The highest BCUT2D eigenvalue weighted by atomic mass is 16.5. The summed E-state index contributed by atoms with van der Waals surface area (Å²) < 4.78 is 10.9. The van der Waals surface area contributed by atoms with E-state index in [1.165, 1.54) is 0 Å². The van der Waals surface area contributed by atoms with Crippen molar-refractivity contribution in [2.45, 2.75) is 6.04 Å². The summed E-state index contributed by atoms with van der Waals surface area (Å²) in [6.45, 7) is 5.14. The molecule has 2 aliphatic rings. The standard InChI is InChI=1S/C21H24N2O3/c1-25-20-8-3-2-7-19(20)16-5-4-6-17(13-16)21(24)23-14-18(15-23)22-9-11-26-12-10-22/h2-8,13,18H,9-12,14-15H2,1H3. The van der Waals surface area contributed by atoms with Gasteiger partial charge in [0.25, 0.3) is 5.91 Å². The third-order valence-electron chi connectivity index (χ3n) is 5.24. The van der Waals surface area contributed by atoms with Gasteiger partial charge < -0.3 is 14.4 Å². The predicted octanol–water partition coefficient (Wildman–Crippen LogP) is 2.52. The minimum absolute atomic E-state index is 0.103. The van der Waals surface area contributed by atoms with Crippen LogP contribution in [0.5, 0.6) is 5.75 Å². The van der Waals surface area contributed by atoms with Gasteiger partial charge in [-0.2, -0.15) is 0 Å². The van der Waals surface area contributed by atoms with Crippen LogP contribution in [-0.2, 0) is 4.74 Å². The smallest absolute Gasteiger partial charge is 0.253 e. The molecule has 1 amide bonds. The zero-order valence-electron chi connectivity index (χ0n) is 15.1. The van der Waals surface area contributed by atoms with Crippen LogP contribution < -0.4 is 4.74 Å². The number of hydrogen-bond acceptors (Lipinski definition) is 4. The molecule has 2 saturated heterocycles. The van der Waals surface area contributed by atoms with Crippen LogP contribution in [0.25, 0.3) is 11.1 Å². The van der Waals surface area contributed by atoms with Gasteiger partial charge >= 0.3 is 0 Å². The van der Waals surface area contributed by atoms with E-state index in [4.69, 9.17) is 9.47 Å². The van der Waals surface area contributed by atoms with E-state index < -0.39 is 0 Å². The van der Waals surface area contributed by atoms with Crippen LogP contribution in [0.4, 0.5) is 0 Å². The molecule has 5 nitrogen and oxygen atoms in total. The molecule has 0 spiro atoms. The lowest BCUT2D eigenvalue weighted by atomic mass is 10.00. The fourth-order valence-corrected chi connectivity index (χ4v) is 3.68. The first kappa shape index (κ1) is 17.1. The topological polar surface area (TPSA) is 42.0 Å². The Kier molecular flexibility index (Phi) is 4.91. The molecule has 2 aliphatic heterocycles. The molecule has 2 fully saturated rings. The molecule has 136 valence electrons. The van der Waals surface area contributed by atoms with Crippen molar-refractivity contribution in [1.29, 1.82) is 0 Å². The van der Waals surface area contributed by atoms with E-state index in [2.05, 4.69) is 4.90 Å². The quantitative estimate of drug-likeness (QED) is 0.848. The van der Waals surface area contributed by atoms with Crippen LogP contribution in [0.15, 0.2) is 48.5 Å². The maximum absolute atomic E-state index is 12.8. The van der Waals surface area contributed by atoms with Crippen LogP contribution in [0, 0.1) is 0 Å². The van der Waals surface area contributed by atoms with Crippen LogP contribution >= 0.6 is 0 Å². The lowest BCUT2D eigenvalue weighted by molar-refractivity contribution is -0.0256. The van der Waals surface area contributed by atoms with E-state index in [1.54, 1.807) is 7.11 Å². The molecule has 4 rings (SSSR count). The highest BCUT2D eigenvalue weighted by Gasteiger charge is 2.35. The van der Waals surface area contributed by atoms with Crippen molar-refractivity contribution in [3.63, 3.8) is 0 Å². The summed E-state index contributed by atoms with van der Waals surface area (Å²) in [6.07, 6.45) is 0. The summed E-state index contributed by atoms with van der Waals surface area (Å²) in [7, 11) is 1.67. The Bertz CT molecular complexity index is 780. The number of carbonyl (C=O) groups excluding carboxylic acids is 1. The molecule has 0 atom stereocenters. The van der Waals surface area contributed by atoms with Gasteiger partial charge in [-0.3, -0.25) is 9.69 Å². The van der Waals surface area contributed by atoms with E-state index in [0.29, 0.717) is 6.04 Å². The number of benzene rings is 2. The van der Waals surface area contributed by atoms with Gasteiger partial charge in [0.1, 0.15) is 5.75 Å². The number of nitrogens with zero attached hydrogens (tertiary/aromatic N) is 2. The second kappa shape index (κ2) is 7.48. The Morgan fingerprint density at radius 1 is 1.08 bits per heavy atom. The van der Waals surface area contributed by atoms with Crippen LogP contribution in [-0.4, -0.2) is 68.3 Å². The molecule has 0 N–H and O–H groups in total. The monoisotopic (exact) mass is 352 g/mol. The van der Waals surface area contributed by atoms with Gasteiger partial charge in [-0.25, -0.2) is 0 Å². The van der Waals surface area contributed by atoms with Crippen molar-refractivity contribution in [2.24, 2.45) is 0 Å². The van der Waals surface area contributed by atoms with Crippen molar-refractivity contribution in [2.75, 3.05) is 46.5 Å². The molecule has 0 saturated carbocycles. The molecule has 0 bridgehead atoms. The zero-order valence-corrected chi connectivity index (χ0v) is 15.1. The van der Waals surface area contributed by atoms with Crippen LogP contribution in [0.2, 0.25) is 0 Å². The molecule has 2 heterocycles. The Morgan fingerprint density at radius 2 is 1.85 bits per heavy atom. The van der Waals surface area contributed by atoms with Gasteiger partial charge in [-0.15, -0.1) is 0 Å². The molecular formula is C21H24N2O3. The third kappa shape index (κ3) is 3.32. The first-order valence-corrected chi connectivity index (χ1v) is 9.11. The van der Waals surface area contributed by atoms with E-state index in [-0.39, 0.29) is 5.91 Å². The number of para-hydroxylation sites is 1. The molecular weight excluding hydrogens is 328 g/mol. The number of rotatable bonds is 4. The van der Waals surface area contributed by atoms with Gasteiger partial charge in [0.15, 0.2) is 0 Å². The van der Waals surface area contributed by atoms with E-state index >= 15 is 0 Å². The summed E-state index contributed by atoms with van der Waals surface area (Å²) in [4.78, 5) is 17.2. The van der Waals surface area contributed by atoms with Gasteiger partial charge in [0.2, 0.25) is 0 Å². The molecule has 2 aromatic carbocycles.